The quantitative estimate of drug-likeness (QED) is 0.536. The molecule has 0 bridgehead atoms. The summed E-state index contributed by atoms with van der Waals surface area (Å²) in [4.78, 5) is 12.1. The van der Waals surface area contributed by atoms with E-state index in [4.69, 9.17) is 23.0 Å². The Labute approximate surface area is 167 Å². The summed E-state index contributed by atoms with van der Waals surface area (Å²) in [6.07, 6.45) is 1.44. The first-order chi connectivity index (χ1) is 13.1. The van der Waals surface area contributed by atoms with Crippen molar-refractivity contribution < 1.29 is 32.4 Å². The molecule has 1 rings (SSSR count). The molecule has 0 fully saturated rings. The Morgan fingerprint density at radius 2 is 1.71 bits per heavy atom. The Hall–Kier alpha value is -1.60. The zero-order valence-electron chi connectivity index (χ0n) is 17.5. The second kappa shape index (κ2) is 11.4. The lowest BCUT2D eigenvalue weighted by molar-refractivity contribution is 0.0447. The molecule has 1 amide bonds. The van der Waals surface area contributed by atoms with E-state index >= 15 is 0 Å². The second-order valence-corrected chi connectivity index (χ2v) is 9.04. The van der Waals surface area contributed by atoms with Crippen LogP contribution in [0.2, 0.25) is 0 Å². The van der Waals surface area contributed by atoms with Crippen molar-refractivity contribution in [1.29, 1.82) is 0 Å². The fourth-order valence-electron chi connectivity index (χ4n) is 2.20. The molecule has 0 unspecified atom stereocenters. The molecule has 0 aromatic heterocycles. The molecule has 1 aromatic carbocycles. The average Bonchev–Trinajstić information content (AvgIpc) is 2.63. The Kier molecular flexibility index (Phi) is 9.96. The number of hydrogen-bond donors (Lipinski definition) is 1. The fraction of sp³-hybridized carbons (Fsp3) is 0.632. The molecule has 1 N–H and O–H groups in total. The van der Waals surface area contributed by atoms with Crippen LogP contribution in [0.15, 0.2) is 24.3 Å². The molecular formula is C19H32NO7P. The summed E-state index contributed by atoms with van der Waals surface area (Å²) in [5.74, 6) is 0.650. The van der Waals surface area contributed by atoms with Crippen LogP contribution in [0.25, 0.3) is 0 Å². The summed E-state index contributed by atoms with van der Waals surface area (Å²) in [6, 6.07) is 7.09. The first-order valence-corrected chi connectivity index (χ1v) is 10.6. The van der Waals surface area contributed by atoms with Crippen molar-refractivity contribution in [1.82, 2.24) is 5.32 Å². The highest BCUT2D eigenvalue weighted by molar-refractivity contribution is 7.48. The van der Waals surface area contributed by atoms with Crippen molar-refractivity contribution >= 4 is 13.9 Å². The van der Waals surface area contributed by atoms with E-state index < -0.39 is 25.6 Å². The smallest absolute Gasteiger partial charge is 0.474 e. The molecule has 0 heterocycles. The fourth-order valence-corrected chi connectivity index (χ4v) is 2.93. The summed E-state index contributed by atoms with van der Waals surface area (Å²) in [5.41, 5.74) is 0.572. The first kappa shape index (κ1) is 24.4. The molecular weight excluding hydrogens is 385 g/mol. The number of phosphoric ester groups is 1. The minimum absolute atomic E-state index is 0.0831. The van der Waals surface area contributed by atoms with Gasteiger partial charge in [-0.05, 0) is 44.9 Å². The number of amides is 1. The maximum Gasteiger partial charge on any atom is 0.474 e. The van der Waals surface area contributed by atoms with Gasteiger partial charge in [-0.2, -0.15) is 0 Å². The monoisotopic (exact) mass is 417 g/mol. The van der Waals surface area contributed by atoms with E-state index in [1.54, 1.807) is 20.8 Å². The number of carbonyl (C=O) groups excluding carboxylic acids is 1. The van der Waals surface area contributed by atoms with Gasteiger partial charge in [-0.25, -0.2) is 9.36 Å². The van der Waals surface area contributed by atoms with Crippen LogP contribution in [0.5, 0.6) is 5.75 Å². The van der Waals surface area contributed by atoms with E-state index in [1.165, 1.54) is 19.8 Å². The summed E-state index contributed by atoms with van der Waals surface area (Å²) in [7, 11) is -1.24. The molecule has 9 heteroatoms. The lowest BCUT2D eigenvalue weighted by Crippen LogP contribution is -2.44. The van der Waals surface area contributed by atoms with Crippen LogP contribution in [-0.4, -0.2) is 45.2 Å². The number of benzene rings is 1. The van der Waals surface area contributed by atoms with Crippen molar-refractivity contribution in [2.45, 2.75) is 52.2 Å². The Morgan fingerprint density at radius 3 is 2.21 bits per heavy atom. The molecule has 1 atom stereocenters. The maximum absolute atomic E-state index is 12.1. The van der Waals surface area contributed by atoms with Crippen molar-refractivity contribution in [3.8, 4) is 5.75 Å². The zero-order chi connectivity index (χ0) is 21.2. The molecule has 0 aliphatic carbocycles. The second-order valence-electron chi connectivity index (χ2n) is 7.16. The van der Waals surface area contributed by atoms with Crippen molar-refractivity contribution in [2.24, 2.45) is 0 Å². The van der Waals surface area contributed by atoms with Crippen molar-refractivity contribution in [3.05, 3.63) is 29.8 Å². The van der Waals surface area contributed by atoms with Gasteiger partial charge >= 0.3 is 13.9 Å². The first-order valence-electron chi connectivity index (χ1n) is 9.18. The Bertz CT molecular complexity index is 635. The molecule has 0 aliphatic heterocycles. The van der Waals surface area contributed by atoms with Crippen LogP contribution in [0, 0.1) is 0 Å². The van der Waals surface area contributed by atoms with Gasteiger partial charge in [-0.1, -0.05) is 25.5 Å². The highest BCUT2D eigenvalue weighted by Crippen LogP contribution is 2.47. The van der Waals surface area contributed by atoms with Gasteiger partial charge in [0.2, 0.25) is 0 Å². The highest BCUT2D eigenvalue weighted by atomic mass is 31.2. The highest BCUT2D eigenvalue weighted by Gasteiger charge is 2.27. The number of ether oxygens (including phenoxy) is 2. The summed E-state index contributed by atoms with van der Waals surface area (Å²) < 4.78 is 37.8. The predicted octanol–water partition coefficient (Wildman–Crippen LogP) is 4.33. The number of rotatable bonds is 11. The molecule has 0 saturated carbocycles. The molecule has 0 aliphatic rings. The molecule has 8 nitrogen and oxygen atoms in total. The van der Waals surface area contributed by atoms with Gasteiger partial charge in [-0.3, -0.25) is 13.6 Å². The third-order valence-corrected chi connectivity index (χ3v) is 4.87. The zero-order valence-corrected chi connectivity index (χ0v) is 18.4. The van der Waals surface area contributed by atoms with Crippen molar-refractivity contribution in [3.63, 3.8) is 0 Å². The van der Waals surface area contributed by atoms with Crippen LogP contribution < -0.4 is 10.1 Å². The summed E-state index contributed by atoms with van der Waals surface area (Å²) >= 11 is 0. The van der Waals surface area contributed by atoms with Crippen LogP contribution in [-0.2, 0) is 29.3 Å². The van der Waals surface area contributed by atoms with E-state index in [2.05, 4.69) is 12.2 Å². The summed E-state index contributed by atoms with van der Waals surface area (Å²) in [5, 5.41) is 2.65. The average molecular weight is 417 g/mol. The van der Waals surface area contributed by atoms with Gasteiger partial charge in [0.25, 0.3) is 0 Å². The third-order valence-electron chi connectivity index (χ3n) is 3.52. The molecule has 0 radical (unpaired) electrons. The standard InChI is InChI=1S/C19H32NO7P/c1-7-8-15-9-11-17(12-10-15)25-13-16(14-26-28(22,23-5)24-6)20-18(21)27-19(2,3)4/h9-12,16H,7-8,13-14H2,1-6H3,(H,20,21)/t16-/m1/s1. The predicted molar refractivity (Wildman–Crippen MR) is 107 cm³/mol. The lowest BCUT2D eigenvalue weighted by atomic mass is 10.1. The van der Waals surface area contributed by atoms with Crippen LogP contribution in [0.3, 0.4) is 0 Å². The van der Waals surface area contributed by atoms with Gasteiger partial charge in [0.1, 0.15) is 18.0 Å². The normalized spacial score (nSPS) is 13.1. The van der Waals surface area contributed by atoms with E-state index in [0.29, 0.717) is 5.75 Å². The van der Waals surface area contributed by atoms with E-state index in [-0.39, 0.29) is 13.2 Å². The van der Waals surface area contributed by atoms with Crippen molar-refractivity contribution in [2.75, 3.05) is 27.4 Å². The Morgan fingerprint density at radius 1 is 1.11 bits per heavy atom. The van der Waals surface area contributed by atoms with Gasteiger partial charge in [-0.15, -0.1) is 0 Å². The van der Waals surface area contributed by atoms with Gasteiger partial charge < -0.3 is 14.8 Å². The van der Waals surface area contributed by atoms with E-state index in [0.717, 1.165) is 12.8 Å². The number of hydrogen-bond acceptors (Lipinski definition) is 7. The summed E-state index contributed by atoms with van der Waals surface area (Å²) in [6.45, 7) is 7.34. The Balaban J connectivity index is 2.72. The van der Waals surface area contributed by atoms with E-state index in [9.17, 15) is 9.36 Å². The SMILES string of the molecule is CCCc1ccc(OC[C@H](COP(=O)(OC)OC)NC(=O)OC(C)(C)C)cc1. The van der Waals surface area contributed by atoms with Gasteiger partial charge in [0.05, 0.1) is 12.6 Å². The topological polar surface area (TPSA) is 92.3 Å². The minimum Gasteiger partial charge on any atom is -0.491 e. The lowest BCUT2D eigenvalue weighted by Gasteiger charge is -2.24. The van der Waals surface area contributed by atoms with Gasteiger partial charge in [0, 0.05) is 14.2 Å². The minimum atomic E-state index is -3.68. The molecule has 0 spiro atoms. The van der Waals surface area contributed by atoms with Gasteiger partial charge in [0.15, 0.2) is 0 Å². The largest absolute Gasteiger partial charge is 0.491 e. The number of aryl methyl sites for hydroxylation is 1. The molecule has 160 valence electrons. The maximum atomic E-state index is 12.1. The number of nitrogens with one attached hydrogen (secondary N) is 1. The number of carbonyl (C=O) groups is 1. The number of alkyl carbamates (subject to hydrolysis) is 1. The third kappa shape index (κ3) is 9.55. The number of phosphoric acid groups is 1. The van der Waals surface area contributed by atoms with E-state index in [1.807, 2.05) is 24.3 Å². The molecule has 1 aromatic rings. The van der Waals surface area contributed by atoms with Crippen LogP contribution >= 0.6 is 7.82 Å². The van der Waals surface area contributed by atoms with Crippen LogP contribution in [0.4, 0.5) is 4.79 Å². The molecule has 0 saturated heterocycles. The molecule has 28 heavy (non-hydrogen) atoms. The van der Waals surface area contributed by atoms with Crippen LogP contribution in [0.1, 0.15) is 39.7 Å².